The molecule has 1 spiro atoms. The summed E-state index contributed by atoms with van der Waals surface area (Å²) in [5, 5.41) is 7.78. The molecule has 1 saturated carbocycles. The largest absolute Gasteiger partial charge is 0.368 e. The molecule has 10 heteroatoms. The number of benzene rings is 1. The maximum absolute atomic E-state index is 12.9. The van der Waals surface area contributed by atoms with Crippen molar-refractivity contribution in [1.29, 1.82) is 0 Å². The number of anilines is 1. The number of primary amides is 1. The van der Waals surface area contributed by atoms with Crippen LogP contribution in [0.3, 0.4) is 0 Å². The molecule has 2 fully saturated rings. The first-order valence-electron chi connectivity index (χ1n) is 10.3. The Kier molecular flexibility index (Phi) is 6.57. The van der Waals surface area contributed by atoms with Gasteiger partial charge in [-0.3, -0.25) is 24.1 Å². The van der Waals surface area contributed by atoms with Gasteiger partial charge in [0, 0.05) is 11.3 Å². The van der Waals surface area contributed by atoms with Crippen LogP contribution in [0.2, 0.25) is 0 Å². The molecule has 166 valence electrons. The van der Waals surface area contributed by atoms with E-state index in [-0.39, 0.29) is 24.6 Å². The second-order valence-corrected chi connectivity index (χ2v) is 8.03. The highest BCUT2D eigenvalue weighted by molar-refractivity contribution is 6.10. The third kappa shape index (κ3) is 5.01. The lowest BCUT2D eigenvalue weighted by molar-refractivity contribution is -0.135. The second kappa shape index (κ2) is 9.15. The topological polar surface area (TPSA) is 151 Å². The zero-order valence-electron chi connectivity index (χ0n) is 17.4. The van der Waals surface area contributed by atoms with Gasteiger partial charge in [0.2, 0.25) is 11.8 Å². The number of imide groups is 1. The Morgan fingerprint density at radius 1 is 1.16 bits per heavy atom. The van der Waals surface area contributed by atoms with Crippen molar-refractivity contribution in [2.45, 2.75) is 44.6 Å². The summed E-state index contributed by atoms with van der Waals surface area (Å²) in [6.45, 7) is 1.46. The molecule has 0 aromatic heterocycles. The van der Waals surface area contributed by atoms with Gasteiger partial charge in [-0.1, -0.05) is 13.3 Å². The molecule has 3 rings (SSSR count). The smallest absolute Gasteiger partial charge is 0.325 e. The third-order valence-electron chi connectivity index (χ3n) is 5.94. The predicted octanol–water partition coefficient (Wildman–Crippen LogP) is 0.731. The van der Waals surface area contributed by atoms with Gasteiger partial charge in [-0.2, -0.15) is 0 Å². The van der Waals surface area contributed by atoms with Crippen molar-refractivity contribution < 1.29 is 24.0 Å². The highest BCUT2D eigenvalue weighted by atomic mass is 16.2. The molecule has 6 amide bonds. The van der Waals surface area contributed by atoms with Crippen molar-refractivity contribution in [2.24, 2.45) is 11.7 Å². The summed E-state index contributed by atoms with van der Waals surface area (Å²) in [5.41, 5.74) is 4.79. The van der Waals surface area contributed by atoms with Crippen LogP contribution >= 0.6 is 0 Å². The average Bonchev–Trinajstić information content (AvgIpc) is 2.97. The zero-order valence-corrected chi connectivity index (χ0v) is 17.4. The molecule has 1 saturated heterocycles. The van der Waals surface area contributed by atoms with E-state index in [1.165, 1.54) is 24.3 Å². The van der Waals surface area contributed by atoms with Crippen LogP contribution in [0.15, 0.2) is 24.3 Å². The molecular weight excluding hydrogens is 402 g/mol. The highest BCUT2D eigenvalue weighted by Gasteiger charge is 2.52. The highest BCUT2D eigenvalue weighted by Crippen LogP contribution is 2.37. The van der Waals surface area contributed by atoms with Gasteiger partial charge in [-0.05, 0) is 55.9 Å². The molecule has 0 atom stereocenters. The molecule has 0 unspecified atom stereocenters. The van der Waals surface area contributed by atoms with E-state index in [0.717, 1.165) is 24.2 Å². The fourth-order valence-corrected chi connectivity index (χ4v) is 4.06. The summed E-state index contributed by atoms with van der Waals surface area (Å²) < 4.78 is 0. The molecule has 2 aliphatic rings. The first-order chi connectivity index (χ1) is 14.7. The number of carbonyl (C=O) groups is 5. The molecule has 1 heterocycles. The van der Waals surface area contributed by atoms with Gasteiger partial charge < -0.3 is 21.7 Å². The van der Waals surface area contributed by atoms with Crippen molar-refractivity contribution in [3.05, 3.63) is 29.8 Å². The summed E-state index contributed by atoms with van der Waals surface area (Å²) in [5.74, 6) is -1.43. The predicted molar refractivity (Wildman–Crippen MR) is 112 cm³/mol. The van der Waals surface area contributed by atoms with Gasteiger partial charge in [0.25, 0.3) is 11.8 Å². The molecule has 1 aromatic carbocycles. The van der Waals surface area contributed by atoms with Gasteiger partial charge in [0.15, 0.2) is 0 Å². The Morgan fingerprint density at radius 3 is 2.39 bits per heavy atom. The van der Waals surface area contributed by atoms with Crippen LogP contribution in [-0.4, -0.2) is 53.2 Å². The van der Waals surface area contributed by atoms with Crippen molar-refractivity contribution >= 4 is 35.3 Å². The summed E-state index contributed by atoms with van der Waals surface area (Å²) >= 11 is 0. The lowest BCUT2D eigenvalue weighted by atomic mass is 9.75. The van der Waals surface area contributed by atoms with Crippen LogP contribution in [0.5, 0.6) is 0 Å². The molecular formula is C21H27N5O5. The monoisotopic (exact) mass is 429 g/mol. The van der Waals surface area contributed by atoms with Crippen LogP contribution in [0.25, 0.3) is 0 Å². The van der Waals surface area contributed by atoms with Crippen molar-refractivity contribution in [1.82, 2.24) is 15.5 Å². The van der Waals surface area contributed by atoms with E-state index in [9.17, 15) is 24.0 Å². The minimum atomic E-state index is -0.886. The molecule has 0 radical (unpaired) electrons. The van der Waals surface area contributed by atoms with Gasteiger partial charge in [-0.25, -0.2) is 4.79 Å². The van der Waals surface area contributed by atoms with Crippen LogP contribution in [0.4, 0.5) is 10.5 Å². The first kappa shape index (κ1) is 22.3. The van der Waals surface area contributed by atoms with E-state index in [0.29, 0.717) is 24.4 Å². The van der Waals surface area contributed by atoms with E-state index in [4.69, 9.17) is 5.73 Å². The second-order valence-electron chi connectivity index (χ2n) is 8.03. The maximum Gasteiger partial charge on any atom is 0.325 e. The molecule has 0 bridgehead atoms. The van der Waals surface area contributed by atoms with Crippen molar-refractivity contribution in [3.8, 4) is 0 Å². The van der Waals surface area contributed by atoms with Crippen molar-refractivity contribution in [3.63, 3.8) is 0 Å². The summed E-state index contributed by atoms with van der Waals surface area (Å²) in [6, 6.07) is 5.42. The minimum Gasteiger partial charge on any atom is -0.368 e. The summed E-state index contributed by atoms with van der Waals surface area (Å²) in [4.78, 5) is 61.2. The van der Waals surface area contributed by atoms with Crippen LogP contribution < -0.4 is 21.7 Å². The van der Waals surface area contributed by atoms with E-state index >= 15 is 0 Å². The maximum atomic E-state index is 12.9. The lowest BCUT2D eigenvalue weighted by Gasteiger charge is -2.34. The van der Waals surface area contributed by atoms with Gasteiger partial charge in [0.1, 0.15) is 12.1 Å². The molecule has 1 aromatic rings. The number of nitrogens with one attached hydrogen (secondary N) is 3. The summed E-state index contributed by atoms with van der Waals surface area (Å²) in [6.07, 6.45) is 3.99. The fourth-order valence-electron chi connectivity index (χ4n) is 4.06. The first-order valence-corrected chi connectivity index (χ1v) is 10.3. The molecule has 31 heavy (non-hydrogen) atoms. The lowest BCUT2D eigenvalue weighted by Crippen LogP contribution is -2.49. The van der Waals surface area contributed by atoms with E-state index < -0.39 is 29.3 Å². The molecule has 10 nitrogen and oxygen atoms in total. The molecule has 5 N–H and O–H groups in total. The Morgan fingerprint density at radius 2 is 1.81 bits per heavy atom. The third-order valence-corrected chi connectivity index (χ3v) is 5.94. The van der Waals surface area contributed by atoms with Gasteiger partial charge in [-0.15, -0.1) is 0 Å². The van der Waals surface area contributed by atoms with E-state index in [1.54, 1.807) is 0 Å². The minimum absolute atomic E-state index is 0.274. The number of hydrogen-bond donors (Lipinski definition) is 4. The Bertz CT molecular complexity index is 890. The number of rotatable bonds is 7. The Labute approximate surface area is 179 Å². The molecule has 1 aliphatic heterocycles. The standard InChI is InChI=1S/C21H27N5O5/c1-2-13-7-9-21(10-8-13)19(30)26(20(31)25-21)12-17(28)24-15-5-3-14(4-6-15)18(29)23-11-16(22)27/h3-6,13H,2,7-12H2,1H3,(H2,22,27)(H,23,29)(H,24,28)(H,25,31). The van der Waals surface area contributed by atoms with E-state index in [1.807, 2.05) is 0 Å². The summed E-state index contributed by atoms with van der Waals surface area (Å²) in [7, 11) is 0. The SMILES string of the molecule is CCC1CCC2(CC1)NC(=O)N(CC(=O)Nc1ccc(C(=O)NCC(N)=O)cc1)C2=O. The van der Waals surface area contributed by atoms with Crippen LogP contribution in [-0.2, 0) is 14.4 Å². The number of nitrogens with zero attached hydrogens (tertiary/aromatic N) is 1. The van der Waals surface area contributed by atoms with Gasteiger partial charge >= 0.3 is 6.03 Å². The Balaban J connectivity index is 1.56. The number of hydrogen-bond acceptors (Lipinski definition) is 5. The number of nitrogens with two attached hydrogens (primary N) is 1. The molecule has 1 aliphatic carbocycles. The van der Waals surface area contributed by atoms with Crippen LogP contribution in [0.1, 0.15) is 49.4 Å². The number of amides is 6. The fraction of sp³-hybridized carbons (Fsp3) is 0.476. The quantitative estimate of drug-likeness (QED) is 0.471. The zero-order chi connectivity index (χ0) is 22.6. The average molecular weight is 429 g/mol. The number of urea groups is 1. The van der Waals surface area contributed by atoms with Crippen molar-refractivity contribution in [2.75, 3.05) is 18.4 Å². The normalized spacial score (nSPS) is 22.9. The van der Waals surface area contributed by atoms with E-state index in [2.05, 4.69) is 22.9 Å². The van der Waals surface area contributed by atoms with Gasteiger partial charge in [0.05, 0.1) is 6.54 Å². The van der Waals surface area contributed by atoms with Crippen LogP contribution in [0, 0.1) is 5.92 Å². The Hall–Kier alpha value is -3.43. The number of carbonyl (C=O) groups excluding carboxylic acids is 5.